The molecule has 1 fully saturated rings. The Bertz CT molecular complexity index is 1830. The van der Waals surface area contributed by atoms with Gasteiger partial charge in [0.05, 0.1) is 12.0 Å². The molecule has 2 aliphatic rings. The van der Waals surface area contributed by atoms with Crippen molar-refractivity contribution < 1.29 is 29.1 Å². The molecule has 2 unspecified atom stereocenters. The van der Waals surface area contributed by atoms with Gasteiger partial charge in [0.15, 0.2) is 5.78 Å². The molecular weight excluding hydrogens is 618 g/mol. The van der Waals surface area contributed by atoms with Gasteiger partial charge in [0.2, 0.25) is 5.91 Å². The number of carbonyl (C=O) groups is 5. The van der Waals surface area contributed by atoms with Gasteiger partial charge in [-0.25, -0.2) is 0 Å². The van der Waals surface area contributed by atoms with Gasteiger partial charge in [-0.05, 0) is 55.0 Å². The summed E-state index contributed by atoms with van der Waals surface area (Å²) in [7, 11) is 0. The number of ketones is 1. The average Bonchev–Trinajstić information content (AvgIpc) is 3.09. The first-order valence-corrected chi connectivity index (χ1v) is 17.1. The standard InChI is InChI=1S/C40H41N3O6/c44-35(25-29(40(48)49)23-27-13-6-4-7-14-27)33(24-28-15-8-5-9-16-28)41-36(45)26-43-38(46)31-18-12-17-30-34(20-19-32(37(30)31)39(43)47)42-21-10-2-1-3-11-22-42/h4-9,12-20,29,33H,1-3,10-11,21-26H2,(H,41,45)(H,48,49). The lowest BCUT2D eigenvalue weighted by molar-refractivity contribution is -0.144. The zero-order valence-electron chi connectivity index (χ0n) is 27.5. The summed E-state index contributed by atoms with van der Waals surface area (Å²) in [6, 6.07) is 26.3. The molecule has 3 amide bonds. The van der Waals surface area contributed by atoms with Crippen molar-refractivity contribution in [1.29, 1.82) is 0 Å². The van der Waals surface area contributed by atoms with E-state index >= 15 is 0 Å². The summed E-state index contributed by atoms with van der Waals surface area (Å²) in [6.07, 6.45) is 5.76. The molecule has 49 heavy (non-hydrogen) atoms. The van der Waals surface area contributed by atoms with E-state index in [4.69, 9.17) is 0 Å². The van der Waals surface area contributed by atoms with Crippen molar-refractivity contribution in [1.82, 2.24) is 10.2 Å². The highest BCUT2D eigenvalue weighted by molar-refractivity contribution is 6.27. The van der Waals surface area contributed by atoms with Crippen LogP contribution in [0.15, 0.2) is 91.0 Å². The summed E-state index contributed by atoms with van der Waals surface area (Å²) in [5, 5.41) is 14.1. The zero-order valence-corrected chi connectivity index (χ0v) is 27.5. The van der Waals surface area contributed by atoms with E-state index in [1.165, 1.54) is 19.3 Å². The summed E-state index contributed by atoms with van der Waals surface area (Å²) in [5.41, 5.74) is 3.28. The second-order valence-corrected chi connectivity index (χ2v) is 13.0. The van der Waals surface area contributed by atoms with Crippen LogP contribution >= 0.6 is 0 Å². The number of anilines is 1. The fraction of sp³-hybridized carbons (Fsp3) is 0.325. The molecular formula is C40H41N3O6. The highest BCUT2D eigenvalue weighted by Crippen LogP contribution is 2.36. The number of hydrogen-bond acceptors (Lipinski definition) is 6. The molecule has 6 rings (SSSR count). The number of rotatable bonds is 12. The molecule has 4 aromatic carbocycles. The summed E-state index contributed by atoms with van der Waals surface area (Å²) in [4.78, 5) is 70.3. The van der Waals surface area contributed by atoms with E-state index < -0.39 is 48.0 Å². The summed E-state index contributed by atoms with van der Waals surface area (Å²) in [6.45, 7) is 1.25. The third-order valence-electron chi connectivity index (χ3n) is 9.60. The van der Waals surface area contributed by atoms with Crippen LogP contribution < -0.4 is 10.2 Å². The number of benzene rings is 4. The minimum absolute atomic E-state index is 0.131. The van der Waals surface area contributed by atoms with Gasteiger partial charge in [0, 0.05) is 47.1 Å². The zero-order chi connectivity index (χ0) is 34.3. The number of carbonyl (C=O) groups excluding carboxylic acids is 4. The molecule has 4 aromatic rings. The Hall–Kier alpha value is -5.31. The summed E-state index contributed by atoms with van der Waals surface area (Å²) >= 11 is 0. The quantitative estimate of drug-likeness (QED) is 0.183. The Morgan fingerprint density at radius 2 is 1.29 bits per heavy atom. The lowest BCUT2D eigenvalue weighted by Gasteiger charge is -2.31. The van der Waals surface area contributed by atoms with Crippen LogP contribution in [0.2, 0.25) is 0 Å². The number of amides is 3. The number of imide groups is 1. The van der Waals surface area contributed by atoms with Crippen LogP contribution in [0.25, 0.3) is 10.8 Å². The normalized spacial score (nSPS) is 16.1. The second-order valence-electron chi connectivity index (χ2n) is 13.0. The predicted molar refractivity (Wildman–Crippen MR) is 188 cm³/mol. The highest BCUT2D eigenvalue weighted by Gasteiger charge is 2.36. The Balaban J connectivity index is 1.21. The average molecular weight is 660 g/mol. The van der Waals surface area contributed by atoms with Gasteiger partial charge in [-0.15, -0.1) is 0 Å². The first kappa shape index (κ1) is 33.6. The van der Waals surface area contributed by atoms with Crippen LogP contribution in [-0.2, 0) is 27.2 Å². The summed E-state index contributed by atoms with van der Waals surface area (Å²) < 4.78 is 0. The minimum atomic E-state index is -1.10. The van der Waals surface area contributed by atoms with E-state index in [-0.39, 0.29) is 19.3 Å². The van der Waals surface area contributed by atoms with Crippen molar-refractivity contribution in [2.75, 3.05) is 24.5 Å². The molecule has 0 bridgehead atoms. The monoisotopic (exact) mass is 659 g/mol. The van der Waals surface area contributed by atoms with Gasteiger partial charge in [-0.1, -0.05) is 92.1 Å². The number of aliphatic carboxylic acids is 1. The fourth-order valence-electron chi connectivity index (χ4n) is 7.05. The SMILES string of the molecule is O=C(CN1C(=O)c2cccc3c(N4CCCCCCC4)ccc(c23)C1=O)NC(Cc1ccccc1)C(=O)CC(Cc1ccccc1)C(=O)O. The molecule has 0 radical (unpaired) electrons. The Morgan fingerprint density at radius 1 is 0.694 bits per heavy atom. The van der Waals surface area contributed by atoms with Crippen LogP contribution in [0, 0.1) is 5.92 Å². The first-order chi connectivity index (χ1) is 23.8. The molecule has 0 aliphatic carbocycles. The topological polar surface area (TPSA) is 124 Å². The van der Waals surface area contributed by atoms with Gasteiger partial charge in [0.25, 0.3) is 11.8 Å². The summed E-state index contributed by atoms with van der Waals surface area (Å²) in [5.74, 6) is -4.35. The van der Waals surface area contributed by atoms with Gasteiger partial charge < -0.3 is 15.3 Å². The van der Waals surface area contributed by atoms with Crippen molar-refractivity contribution >= 4 is 45.9 Å². The maximum Gasteiger partial charge on any atom is 0.307 e. The van der Waals surface area contributed by atoms with E-state index in [0.29, 0.717) is 16.5 Å². The Kier molecular flexibility index (Phi) is 10.5. The lowest BCUT2D eigenvalue weighted by atomic mass is 9.90. The molecule has 0 aromatic heterocycles. The molecule has 9 nitrogen and oxygen atoms in total. The fourth-order valence-corrected chi connectivity index (χ4v) is 7.05. The largest absolute Gasteiger partial charge is 0.481 e. The Morgan fingerprint density at radius 3 is 1.92 bits per heavy atom. The van der Waals surface area contributed by atoms with Crippen molar-refractivity contribution in [3.8, 4) is 0 Å². The molecule has 2 heterocycles. The van der Waals surface area contributed by atoms with Crippen molar-refractivity contribution in [3.05, 3.63) is 113 Å². The third-order valence-corrected chi connectivity index (χ3v) is 9.60. The Labute approximate surface area is 285 Å². The molecule has 9 heteroatoms. The molecule has 2 atom stereocenters. The van der Waals surface area contributed by atoms with E-state index in [0.717, 1.165) is 53.0 Å². The van der Waals surface area contributed by atoms with Gasteiger partial charge in [-0.3, -0.25) is 28.9 Å². The second kappa shape index (κ2) is 15.3. The van der Waals surface area contributed by atoms with Crippen molar-refractivity contribution in [3.63, 3.8) is 0 Å². The van der Waals surface area contributed by atoms with E-state index in [9.17, 15) is 29.1 Å². The number of nitrogens with one attached hydrogen (secondary N) is 1. The van der Waals surface area contributed by atoms with E-state index in [1.807, 2.05) is 78.9 Å². The number of hydrogen-bond donors (Lipinski definition) is 2. The predicted octanol–water partition coefficient (Wildman–Crippen LogP) is 5.84. The molecule has 2 aliphatic heterocycles. The van der Waals surface area contributed by atoms with Crippen molar-refractivity contribution in [2.45, 2.75) is 57.4 Å². The van der Waals surface area contributed by atoms with Crippen LogP contribution in [0.1, 0.15) is 70.4 Å². The maximum atomic E-state index is 13.8. The number of nitrogens with zero attached hydrogens (tertiary/aromatic N) is 2. The van der Waals surface area contributed by atoms with Gasteiger partial charge in [-0.2, -0.15) is 0 Å². The maximum absolute atomic E-state index is 13.8. The van der Waals surface area contributed by atoms with Crippen LogP contribution in [-0.4, -0.2) is 65.2 Å². The van der Waals surface area contributed by atoms with Gasteiger partial charge >= 0.3 is 5.97 Å². The van der Waals surface area contributed by atoms with Gasteiger partial charge in [0.1, 0.15) is 6.54 Å². The highest BCUT2D eigenvalue weighted by atomic mass is 16.4. The van der Waals surface area contributed by atoms with Crippen LogP contribution in [0.4, 0.5) is 5.69 Å². The lowest BCUT2D eigenvalue weighted by Crippen LogP contribution is -2.50. The van der Waals surface area contributed by atoms with Crippen LogP contribution in [0.3, 0.4) is 0 Å². The molecule has 0 saturated carbocycles. The number of carboxylic acids is 1. The van der Waals surface area contributed by atoms with E-state index in [2.05, 4.69) is 10.2 Å². The molecule has 252 valence electrons. The molecule has 0 spiro atoms. The molecule has 2 N–H and O–H groups in total. The smallest absolute Gasteiger partial charge is 0.307 e. The number of carboxylic acid groups (broad SMARTS) is 1. The van der Waals surface area contributed by atoms with E-state index in [1.54, 1.807) is 12.1 Å². The number of Topliss-reactive ketones (excluding diaryl/α,β-unsaturated/α-hetero) is 1. The first-order valence-electron chi connectivity index (χ1n) is 17.1. The molecule has 1 saturated heterocycles. The minimum Gasteiger partial charge on any atom is -0.481 e. The van der Waals surface area contributed by atoms with Crippen LogP contribution in [0.5, 0.6) is 0 Å². The van der Waals surface area contributed by atoms with Crippen molar-refractivity contribution in [2.24, 2.45) is 5.92 Å². The third kappa shape index (κ3) is 7.72.